The van der Waals surface area contributed by atoms with Gasteiger partial charge in [0.1, 0.15) is 12.1 Å². The van der Waals surface area contributed by atoms with Crippen molar-refractivity contribution in [1.82, 2.24) is 35.3 Å². The average Bonchev–Trinajstić information content (AvgIpc) is 3.52. The molecule has 5 amide bonds. The molecule has 13 nitrogen and oxygen atoms in total. The summed E-state index contributed by atoms with van der Waals surface area (Å²) in [4.78, 5) is 67.8. The normalized spacial score (nSPS) is 15.8. The number of amides is 5. The van der Waals surface area contributed by atoms with E-state index in [2.05, 4.69) is 20.6 Å². The molecule has 5 atom stereocenters. The van der Waals surface area contributed by atoms with E-state index in [0.717, 1.165) is 33.0 Å². The van der Waals surface area contributed by atoms with Crippen molar-refractivity contribution in [3.8, 4) is 11.3 Å². The lowest BCUT2D eigenvalue weighted by molar-refractivity contribution is -0.131. The van der Waals surface area contributed by atoms with Crippen LogP contribution in [0, 0.1) is 10.8 Å². The molecule has 4 N–H and O–H groups in total. The molecule has 3 heterocycles. The lowest BCUT2D eigenvalue weighted by atomic mass is 9.84. The number of hydrogen-bond donors (Lipinski definition) is 4. The monoisotopic (exact) mass is 805 g/mol. The molecule has 314 valence electrons. The number of nitrogens with one attached hydrogen (secondary N) is 2. The molecule has 0 aliphatic carbocycles. The molecule has 13 heteroatoms. The van der Waals surface area contributed by atoms with E-state index in [4.69, 9.17) is 0 Å². The molecule has 0 unspecified atom stereocenters. The molecular formula is C46H59N7O6. The van der Waals surface area contributed by atoms with Crippen LogP contribution in [0.2, 0.25) is 0 Å². The quantitative estimate of drug-likeness (QED) is 0.107. The number of benzene rings is 2. The molecular weight excluding hydrogens is 747 g/mol. The smallest absolute Gasteiger partial charge is 0.407 e. The fourth-order valence-corrected chi connectivity index (χ4v) is 7.91. The minimum absolute atomic E-state index is 0.0276. The van der Waals surface area contributed by atoms with Gasteiger partial charge in [-0.2, -0.15) is 0 Å². The van der Waals surface area contributed by atoms with Gasteiger partial charge in [-0.05, 0) is 65.5 Å². The lowest BCUT2D eigenvalue weighted by Gasteiger charge is -2.38. The number of likely N-dealkylation sites (N-methyl/N-ethyl adjacent to an activating group) is 1. The first-order valence-corrected chi connectivity index (χ1v) is 20.2. The van der Waals surface area contributed by atoms with Crippen LogP contribution in [-0.2, 0) is 29.0 Å². The van der Waals surface area contributed by atoms with E-state index in [1.807, 2.05) is 112 Å². The zero-order valence-electron chi connectivity index (χ0n) is 35.2. The topological polar surface area (TPSA) is 168 Å². The number of aliphatic hydroxyl groups is 1. The summed E-state index contributed by atoms with van der Waals surface area (Å²) in [5.74, 6) is -0.893. The van der Waals surface area contributed by atoms with Crippen molar-refractivity contribution in [2.75, 3.05) is 20.1 Å². The number of carbonyl (C=O) groups is 4. The van der Waals surface area contributed by atoms with Gasteiger partial charge in [0.2, 0.25) is 11.8 Å². The van der Waals surface area contributed by atoms with Crippen molar-refractivity contribution in [3.63, 3.8) is 0 Å². The minimum Gasteiger partial charge on any atom is -0.465 e. The number of carbonyl (C=O) groups excluding carboxylic acids is 3. The first-order chi connectivity index (χ1) is 27.9. The van der Waals surface area contributed by atoms with Crippen LogP contribution in [0.5, 0.6) is 0 Å². The highest BCUT2D eigenvalue weighted by Gasteiger charge is 2.45. The van der Waals surface area contributed by atoms with Crippen LogP contribution in [0.4, 0.5) is 9.59 Å². The van der Waals surface area contributed by atoms with Crippen molar-refractivity contribution < 1.29 is 29.4 Å². The Bertz CT molecular complexity index is 2000. The largest absolute Gasteiger partial charge is 0.465 e. The van der Waals surface area contributed by atoms with Gasteiger partial charge in [-0.1, -0.05) is 108 Å². The number of hydrogen-bond acceptors (Lipinski definition) is 7. The number of nitrogens with zero attached hydrogens (tertiary/aromatic N) is 5. The van der Waals surface area contributed by atoms with Gasteiger partial charge in [-0.3, -0.25) is 24.5 Å². The van der Waals surface area contributed by atoms with Gasteiger partial charge in [0.05, 0.1) is 30.1 Å². The molecule has 0 spiro atoms. The van der Waals surface area contributed by atoms with Crippen molar-refractivity contribution in [2.24, 2.45) is 10.8 Å². The maximum atomic E-state index is 14.6. The highest BCUT2D eigenvalue weighted by molar-refractivity contribution is 5.89. The van der Waals surface area contributed by atoms with Crippen molar-refractivity contribution in [2.45, 2.75) is 97.6 Å². The van der Waals surface area contributed by atoms with E-state index in [-0.39, 0.29) is 18.9 Å². The standard InChI is InChI=1S/C46H59N7O6/c1-45(2,3)39(51(7)44(58)59)41(55)49-35(27-32-19-21-33(22-20-32)36-18-12-14-24-48-36)29-38(54)37(28-31-15-9-8-10-16-31)50-42(56)40(46(4,5)6)53-26-25-52(43(53)57)30-34-17-11-13-23-47-34/h8-24,35,37-40,54H,25-30H2,1-7H3,(H,49,55)(H,50,56)(H,58,59)/t35-,37-,38-,39+,40+/m0/s1. The maximum absolute atomic E-state index is 14.6. The second-order valence-corrected chi connectivity index (χ2v) is 17.6. The Morgan fingerprint density at radius 3 is 1.97 bits per heavy atom. The van der Waals surface area contributed by atoms with Crippen molar-refractivity contribution in [3.05, 3.63) is 120 Å². The molecule has 1 aliphatic heterocycles. The van der Waals surface area contributed by atoms with Gasteiger partial charge in [-0.25, -0.2) is 9.59 Å². The van der Waals surface area contributed by atoms with E-state index >= 15 is 0 Å². The van der Waals surface area contributed by atoms with E-state index in [1.165, 1.54) is 7.05 Å². The molecule has 0 saturated carbocycles. The van der Waals surface area contributed by atoms with E-state index in [0.29, 0.717) is 26.1 Å². The molecule has 2 aromatic heterocycles. The van der Waals surface area contributed by atoms with Crippen LogP contribution in [0.15, 0.2) is 103 Å². The molecule has 0 bridgehead atoms. The SMILES string of the molecule is CN(C(=O)O)[C@H](C(=O)N[C@@H](Cc1ccc(-c2ccccn2)cc1)C[C@H](O)[C@H](Cc1ccccc1)NC(=O)[C@@H](N1CCN(Cc2ccccn2)C1=O)C(C)(C)C)C(C)(C)C. The van der Waals surface area contributed by atoms with Crippen LogP contribution in [0.1, 0.15) is 64.8 Å². The molecule has 2 aromatic carbocycles. The predicted octanol–water partition coefficient (Wildman–Crippen LogP) is 6.03. The Kier molecular flexibility index (Phi) is 14.5. The van der Waals surface area contributed by atoms with Gasteiger partial charge in [0.25, 0.3) is 0 Å². The van der Waals surface area contributed by atoms with E-state index in [1.54, 1.807) is 43.0 Å². The molecule has 1 saturated heterocycles. The zero-order valence-corrected chi connectivity index (χ0v) is 35.2. The van der Waals surface area contributed by atoms with E-state index < -0.39 is 59.0 Å². The molecule has 1 aliphatic rings. The molecule has 59 heavy (non-hydrogen) atoms. The summed E-state index contributed by atoms with van der Waals surface area (Å²) in [5, 5.41) is 28.3. The van der Waals surface area contributed by atoms with E-state index in [9.17, 15) is 29.4 Å². The molecule has 4 aromatic rings. The Balaban J connectivity index is 1.43. The summed E-state index contributed by atoms with van der Waals surface area (Å²) in [6.45, 7) is 12.3. The summed E-state index contributed by atoms with van der Waals surface area (Å²) in [7, 11) is 1.37. The third-order valence-corrected chi connectivity index (χ3v) is 10.7. The van der Waals surface area contributed by atoms with Crippen LogP contribution in [-0.4, -0.2) is 109 Å². The summed E-state index contributed by atoms with van der Waals surface area (Å²) in [6.07, 6.45) is 1.62. The second-order valence-electron chi connectivity index (χ2n) is 17.6. The Morgan fingerprint density at radius 1 is 0.763 bits per heavy atom. The fourth-order valence-electron chi connectivity index (χ4n) is 7.91. The van der Waals surface area contributed by atoms with Crippen LogP contribution in [0.3, 0.4) is 0 Å². The lowest BCUT2D eigenvalue weighted by Crippen LogP contribution is -2.59. The third-order valence-electron chi connectivity index (χ3n) is 10.7. The number of pyridine rings is 2. The molecule has 0 radical (unpaired) electrons. The zero-order chi connectivity index (χ0) is 42.9. The fraction of sp³-hybridized carbons (Fsp3) is 0.435. The number of aromatic nitrogens is 2. The van der Waals surface area contributed by atoms with Gasteiger partial charge in [0, 0.05) is 44.1 Å². The third kappa shape index (κ3) is 11.9. The van der Waals surface area contributed by atoms with Gasteiger partial charge in [-0.15, -0.1) is 0 Å². The summed E-state index contributed by atoms with van der Waals surface area (Å²) < 4.78 is 0. The summed E-state index contributed by atoms with van der Waals surface area (Å²) >= 11 is 0. The van der Waals surface area contributed by atoms with Crippen molar-refractivity contribution >= 4 is 23.9 Å². The van der Waals surface area contributed by atoms with Crippen LogP contribution in [0.25, 0.3) is 11.3 Å². The Hall–Kier alpha value is -5.82. The maximum Gasteiger partial charge on any atom is 0.407 e. The van der Waals surface area contributed by atoms with Gasteiger partial charge in [0.15, 0.2) is 0 Å². The molecule has 1 fully saturated rings. The number of carboxylic acid groups (broad SMARTS) is 1. The first-order valence-electron chi connectivity index (χ1n) is 20.2. The number of rotatable bonds is 16. The summed E-state index contributed by atoms with van der Waals surface area (Å²) in [5.41, 5.74) is 2.81. The summed E-state index contributed by atoms with van der Waals surface area (Å²) in [6, 6.07) is 24.9. The van der Waals surface area contributed by atoms with Gasteiger partial charge >= 0.3 is 12.1 Å². The Labute approximate surface area is 347 Å². The second kappa shape index (κ2) is 19.3. The van der Waals surface area contributed by atoms with Crippen LogP contribution >= 0.6 is 0 Å². The van der Waals surface area contributed by atoms with Crippen LogP contribution < -0.4 is 10.6 Å². The predicted molar refractivity (Wildman–Crippen MR) is 227 cm³/mol. The average molecular weight is 806 g/mol. The van der Waals surface area contributed by atoms with Crippen molar-refractivity contribution in [1.29, 1.82) is 0 Å². The first kappa shape index (κ1) is 44.3. The highest BCUT2D eigenvalue weighted by atomic mass is 16.4. The number of aliphatic hydroxyl groups excluding tert-OH is 1. The Morgan fingerprint density at radius 2 is 1.39 bits per heavy atom. The minimum atomic E-state index is -1.24. The highest BCUT2D eigenvalue weighted by Crippen LogP contribution is 2.30. The number of urea groups is 1. The van der Waals surface area contributed by atoms with Gasteiger partial charge < -0.3 is 30.6 Å². The molecule has 5 rings (SSSR count).